The van der Waals surface area contributed by atoms with Crippen molar-refractivity contribution in [3.05, 3.63) is 75.3 Å². The number of aromatic carboxylic acids is 1. The molecule has 24 heavy (non-hydrogen) atoms. The minimum absolute atomic E-state index is 0.0925. The van der Waals surface area contributed by atoms with Gasteiger partial charge in [-0.15, -0.1) is 0 Å². The number of halogens is 2. The number of hydrogen-bond acceptors (Lipinski definition) is 2. The average Bonchev–Trinajstić information content (AvgIpc) is 3.02. The summed E-state index contributed by atoms with van der Waals surface area (Å²) < 4.78 is 0. The summed E-state index contributed by atoms with van der Waals surface area (Å²) in [6, 6.07) is 10.9. The van der Waals surface area contributed by atoms with Crippen LogP contribution in [0.1, 0.15) is 39.9 Å². The van der Waals surface area contributed by atoms with E-state index in [0.29, 0.717) is 21.5 Å². The fraction of sp³-hybridized carbons (Fsp3) is 0.211. The Bertz CT molecular complexity index is 845. The molecule has 3 nitrogen and oxygen atoms in total. The van der Waals surface area contributed by atoms with E-state index in [9.17, 15) is 4.79 Å². The van der Waals surface area contributed by atoms with Crippen LogP contribution in [0, 0.1) is 5.92 Å². The summed E-state index contributed by atoms with van der Waals surface area (Å²) in [5.74, 6) is -0.315. The molecule has 1 aliphatic carbocycles. The second-order valence-electron chi connectivity index (χ2n) is 6.25. The molecule has 5 heteroatoms. The van der Waals surface area contributed by atoms with Crippen LogP contribution in [-0.4, -0.2) is 11.1 Å². The smallest absolute Gasteiger partial charge is 0.335 e. The number of hydrogen-bond donors (Lipinski definition) is 2. The van der Waals surface area contributed by atoms with Crippen LogP contribution in [0.4, 0.5) is 5.69 Å². The minimum Gasteiger partial charge on any atom is -0.478 e. The van der Waals surface area contributed by atoms with Crippen LogP contribution in [0.3, 0.4) is 0 Å². The highest BCUT2D eigenvalue weighted by atomic mass is 35.5. The van der Waals surface area contributed by atoms with Crippen LogP contribution in [0.15, 0.2) is 48.6 Å². The normalized spacial score (nSPS) is 24.2. The van der Waals surface area contributed by atoms with Crippen molar-refractivity contribution in [1.82, 2.24) is 0 Å². The van der Waals surface area contributed by atoms with Crippen molar-refractivity contribution in [3.8, 4) is 0 Å². The molecule has 2 aliphatic rings. The van der Waals surface area contributed by atoms with Crippen molar-refractivity contribution in [1.29, 1.82) is 0 Å². The van der Waals surface area contributed by atoms with Gasteiger partial charge in [-0.2, -0.15) is 0 Å². The third-order valence-corrected chi connectivity index (χ3v) is 5.43. The first-order valence-electron chi connectivity index (χ1n) is 7.80. The molecule has 0 radical (unpaired) electrons. The molecule has 1 aliphatic heterocycles. The molecule has 0 fully saturated rings. The predicted molar refractivity (Wildman–Crippen MR) is 96.2 cm³/mol. The molecule has 0 aromatic heterocycles. The predicted octanol–water partition coefficient (Wildman–Crippen LogP) is 5.52. The van der Waals surface area contributed by atoms with Gasteiger partial charge in [0, 0.05) is 27.2 Å². The van der Waals surface area contributed by atoms with Crippen molar-refractivity contribution in [3.63, 3.8) is 0 Å². The molecule has 4 rings (SSSR count). The fourth-order valence-corrected chi connectivity index (χ4v) is 4.43. The Morgan fingerprint density at radius 1 is 1.17 bits per heavy atom. The van der Waals surface area contributed by atoms with Gasteiger partial charge in [-0.05, 0) is 42.2 Å². The van der Waals surface area contributed by atoms with Crippen LogP contribution in [0.2, 0.25) is 10.0 Å². The second-order valence-corrected chi connectivity index (χ2v) is 7.10. The summed E-state index contributed by atoms with van der Waals surface area (Å²) in [6.45, 7) is 0. The zero-order valence-corrected chi connectivity index (χ0v) is 14.2. The number of anilines is 1. The van der Waals surface area contributed by atoms with Gasteiger partial charge in [0.1, 0.15) is 0 Å². The summed E-state index contributed by atoms with van der Waals surface area (Å²) in [6.07, 6.45) is 5.36. The molecule has 0 saturated carbocycles. The molecule has 0 unspecified atom stereocenters. The molecule has 0 spiro atoms. The lowest BCUT2D eigenvalue weighted by molar-refractivity contribution is 0.0697. The zero-order chi connectivity index (χ0) is 16.8. The van der Waals surface area contributed by atoms with Gasteiger partial charge in [-0.25, -0.2) is 4.79 Å². The standard InChI is InChI=1S/C19H15Cl2NO2/c20-12-8-15(21)17-13-2-1-3-14(13)18(22-16(17)9-12)10-4-6-11(7-5-10)19(23)24/h1-2,4-9,13-14,18,22H,3H2,(H,23,24)/t13-,14-,18-/m1/s1. The third kappa shape index (κ3) is 2.48. The molecule has 2 aromatic carbocycles. The van der Waals surface area contributed by atoms with E-state index < -0.39 is 5.97 Å². The largest absolute Gasteiger partial charge is 0.478 e. The van der Waals surface area contributed by atoms with E-state index in [1.54, 1.807) is 18.2 Å². The number of nitrogens with one attached hydrogen (secondary N) is 1. The third-order valence-electron chi connectivity index (χ3n) is 4.90. The van der Waals surface area contributed by atoms with E-state index in [4.69, 9.17) is 28.3 Å². The van der Waals surface area contributed by atoms with Gasteiger partial charge in [0.15, 0.2) is 0 Å². The molecule has 2 aromatic rings. The van der Waals surface area contributed by atoms with E-state index in [2.05, 4.69) is 17.5 Å². The van der Waals surface area contributed by atoms with Crippen molar-refractivity contribution in [2.24, 2.45) is 5.92 Å². The van der Waals surface area contributed by atoms with Gasteiger partial charge in [-0.3, -0.25) is 0 Å². The first-order chi connectivity index (χ1) is 11.5. The number of carbonyl (C=O) groups is 1. The highest BCUT2D eigenvalue weighted by molar-refractivity contribution is 6.35. The summed E-state index contributed by atoms with van der Waals surface area (Å²) in [5, 5.41) is 13.9. The lowest BCUT2D eigenvalue weighted by Gasteiger charge is -2.38. The van der Waals surface area contributed by atoms with Crippen LogP contribution in [0.5, 0.6) is 0 Å². The number of carboxylic acids is 1. The van der Waals surface area contributed by atoms with Crippen molar-refractivity contribution in [2.75, 3.05) is 5.32 Å². The SMILES string of the molecule is O=C(O)c1ccc([C@H]2Nc3cc(Cl)cc(Cl)c3[C@@H]3C=CC[C@@H]23)cc1. The first-order valence-corrected chi connectivity index (χ1v) is 8.55. The van der Waals surface area contributed by atoms with Gasteiger partial charge >= 0.3 is 5.97 Å². The van der Waals surface area contributed by atoms with Crippen molar-refractivity contribution in [2.45, 2.75) is 18.4 Å². The Kier molecular flexibility index (Phi) is 3.78. The number of allylic oxidation sites excluding steroid dienone is 2. The molecular formula is C19H15Cl2NO2. The quantitative estimate of drug-likeness (QED) is 0.694. The van der Waals surface area contributed by atoms with Crippen molar-refractivity contribution >= 4 is 34.9 Å². The van der Waals surface area contributed by atoms with Gasteiger partial charge in [0.2, 0.25) is 0 Å². The van der Waals surface area contributed by atoms with Gasteiger partial charge in [0.25, 0.3) is 0 Å². The maximum Gasteiger partial charge on any atom is 0.335 e. The van der Waals surface area contributed by atoms with Crippen LogP contribution < -0.4 is 5.32 Å². The summed E-state index contributed by atoms with van der Waals surface area (Å²) in [7, 11) is 0. The maximum atomic E-state index is 11.1. The molecule has 0 bridgehead atoms. The van der Waals surface area contributed by atoms with E-state index in [-0.39, 0.29) is 12.0 Å². The molecule has 3 atom stereocenters. The fourth-order valence-electron chi connectivity index (χ4n) is 3.81. The van der Waals surface area contributed by atoms with Gasteiger partial charge in [-0.1, -0.05) is 47.5 Å². The molecular weight excluding hydrogens is 345 g/mol. The van der Waals surface area contributed by atoms with Gasteiger partial charge in [0.05, 0.1) is 11.6 Å². The Balaban J connectivity index is 1.76. The second kappa shape index (κ2) is 5.83. The van der Waals surface area contributed by atoms with E-state index in [1.165, 1.54) is 0 Å². The molecule has 0 saturated heterocycles. The number of carboxylic acid groups (broad SMARTS) is 1. The molecule has 0 amide bonds. The van der Waals surface area contributed by atoms with Gasteiger partial charge < -0.3 is 10.4 Å². The average molecular weight is 360 g/mol. The highest BCUT2D eigenvalue weighted by Gasteiger charge is 2.39. The number of fused-ring (bicyclic) bond motifs is 3. The lowest BCUT2D eigenvalue weighted by atomic mass is 9.77. The Labute approximate surface area is 149 Å². The summed E-state index contributed by atoms with van der Waals surface area (Å²) in [5.41, 5.74) is 3.41. The summed E-state index contributed by atoms with van der Waals surface area (Å²) >= 11 is 12.6. The lowest BCUT2D eigenvalue weighted by Crippen LogP contribution is -2.29. The molecule has 122 valence electrons. The van der Waals surface area contributed by atoms with Crippen LogP contribution in [0.25, 0.3) is 0 Å². The topological polar surface area (TPSA) is 49.3 Å². The van der Waals surface area contributed by atoms with Crippen LogP contribution in [-0.2, 0) is 0 Å². The Hall–Kier alpha value is -1.97. The van der Waals surface area contributed by atoms with Crippen LogP contribution >= 0.6 is 23.2 Å². The van der Waals surface area contributed by atoms with E-state index in [1.807, 2.05) is 18.2 Å². The molecule has 1 heterocycles. The zero-order valence-electron chi connectivity index (χ0n) is 12.7. The summed E-state index contributed by atoms with van der Waals surface area (Å²) in [4.78, 5) is 11.1. The number of benzene rings is 2. The highest BCUT2D eigenvalue weighted by Crippen LogP contribution is 2.52. The Morgan fingerprint density at radius 3 is 2.62 bits per heavy atom. The number of rotatable bonds is 2. The Morgan fingerprint density at radius 2 is 1.92 bits per heavy atom. The van der Waals surface area contributed by atoms with E-state index >= 15 is 0 Å². The maximum absolute atomic E-state index is 11.1. The van der Waals surface area contributed by atoms with Crippen molar-refractivity contribution < 1.29 is 9.90 Å². The first kappa shape index (κ1) is 15.6. The minimum atomic E-state index is -0.914. The van der Waals surface area contributed by atoms with E-state index in [0.717, 1.165) is 23.2 Å². The molecule has 2 N–H and O–H groups in total. The monoisotopic (exact) mass is 359 g/mol.